The molecule has 0 N–H and O–H groups in total. The molecule has 0 aliphatic heterocycles. The number of esters is 1. The van der Waals surface area contributed by atoms with Crippen molar-refractivity contribution >= 4 is 33.6 Å². The molecule has 5 nitrogen and oxygen atoms in total. The average Bonchev–Trinajstić information content (AvgIpc) is 3.37. The van der Waals surface area contributed by atoms with E-state index in [1.54, 1.807) is 12.1 Å². The highest BCUT2D eigenvalue weighted by atomic mass is 16.5. The first-order valence-corrected chi connectivity index (χ1v) is 9.95. The number of hydrogen-bond donors (Lipinski definition) is 0. The molecule has 0 bridgehead atoms. The number of para-hydroxylation sites is 2. The molecule has 2 heterocycles. The third-order valence-electron chi connectivity index (χ3n) is 5.39. The Hall–Kier alpha value is -4.12. The number of hydrogen-bond acceptors (Lipinski definition) is 4. The largest absolute Gasteiger partial charge is 0.451 e. The Kier molecular flexibility index (Phi) is 4.64. The van der Waals surface area contributed by atoms with Crippen LogP contribution in [0.25, 0.3) is 33.1 Å². The van der Waals surface area contributed by atoms with E-state index in [0.29, 0.717) is 11.1 Å². The minimum absolute atomic E-state index is 0.0789. The Morgan fingerprint density at radius 1 is 0.903 bits per heavy atom. The number of furan rings is 1. The highest BCUT2D eigenvalue weighted by molar-refractivity contribution is 6.14. The zero-order chi connectivity index (χ0) is 21.4. The van der Waals surface area contributed by atoms with Crippen LogP contribution >= 0.6 is 0 Å². The number of carbonyl (C=O) groups excluding carboxylic acids is 2. The van der Waals surface area contributed by atoms with Gasteiger partial charge >= 0.3 is 5.97 Å². The molecule has 0 aliphatic rings. The van der Waals surface area contributed by atoms with Crippen LogP contribution in [0.1, 0.15) is 20.9 Å². The summed E-state index contributed by atoms with van der Waals surface area (Å²) in [5.74, 6) is -0.846. The van der Waals surface area contributed by atoms with Gasteiger partial charge in [-0.2, -0.15) is 0 Å². The smallest absolute Gasteiger partial charge is 0.374 e. The third kappa shape index (κ3) is 3.30. The summed E-state index contributed by atoms with van der Waals surface area (Å²) in [6.45, 7) is -0.371. The van der Waals surface area contributed by atoms with Gasteiger partial charge in [0, 0.05) is 23.3 Å². The Morgan fingerprint density at radius 3 is 2.42 bits per heavy atom. The lowest BCUT2D eigenvalue weighted by atomic mass is 10.0. The SMILES string of the molecule is Cn1c(-c2ccccc2)c(C(=O)COC(=O)c2cc3ccccc3o2)c2ccccc21. The quantitative estimate of drug-likeness (QED) is 0.279. The number of nitrogens with zero attached hydrogens (tertiary/aromatic N) is 1. The van der Waals surface area contributed by atoms with E-state index >= 15 is 0 Å². The number of benzene rings is 3. The molecule has 2 aromatic heterocycles. The van der Waals surface area contributed by atoms with E-state index in [9.17, 15) is 9.59 Å². The van der Waals surface area contributed by atoms with Gasteiger partial charge in [-0.15, -0.1) is 0 Å². The monoisotopic (exact) mass is 409 g/mol. The second-order valence-corrected chi connectivity index (χ2v) is 7.31. The van der Waals surface area contributed by atoms with Crippen LogP contribution in [-0.4, -0.2) is 22.9 Å². The topological polar surface area (TPSA) is 61.4 Å². The van der Waals surface area contributed by atoms with Crippen LogP contribution in [-0.2, 0) is 11.8 Å². The summed E-state index contributed by atoms with van der Waals surface area (Å²) < 4.78 is 12.9. The molecule has 0 saturated carbocycles. The van der Waals surface area contributed by atoms with Crippen molar-refractivity contribution in [2.45, 2.75) is 0 Å². The van der Waals surface area contributed by atoms with Crippen molar-refractivity contribution in [1.29, 1.82) is 0 Å². The van der Waals surface area contributed by atoms with Crippen molar-refractivity contribution < 1.29 is 18.7 Å². The van der Waals surface area contributed by atoms with Crippen molar-refractivity contribution in [2.75, 3.05) is 6.61 Å². The van der Waals surface area contributed by atoms with E-state index in [4.69, 9.17) is 9.15 Å². The fourth-order valence-corrected chi connectivity index (χ4v) is 3.97. The van der Waals surface area contributed by atoms with Crippen LogP contribution in [0.3, 0.4) is 0 Å². The normalized spacial score (nSPS) is 11.1. The molecule has 5 heteroatoms. The molecule has 31 heavy (non-hydrogen) atoms. The van der Waals surface area contributed by atoms with Gasteiger partial charge in [0.25, 0.3) is 0 Å². The van der Waals surface area contributed by atoms with Gasteiger partial charge in [0.05, 0.1) is 11.3 Å². The molecule has 0 fully saturated rings. The number of ketones is 1. The van der Waals surface area contributed by atoms with E-state index in [-0.39, 0.29) is 18.2 Å². The van der Waals surface area contributed by atoms with Crippen molar-refractivity contribution in [3.8, 4) is 11.3 Å². The molecule has 152 valence electrons. The van der Waals surface area contributed by atoms with E-state index in [2.05, 4.69) is 0 Å². The molecule has 0 radical (unpaired) electrons. The van der Waals surface area contributed by atoms with E-state index in [0.717, 1.165) is 27.5 Å². The van der Waals surface area contributed by atoms with Gasteiger partial charge in [0.2, 0.25) is 11.5 Å². The lowest BCUT2D eigenvalue weighted by Gasteiger charge is -2.08. The number of aryl methyl sites for hydroxylation is 1. The Morgan fingerprint density at radius 2 is 1.61 bits per heavy atom. The summed E-state index contributed by atoms with van der Waals surface area (Å²) in [4.78, 5) is 25.8. The van der Waals surface area contributed by atoms with Crippen LogP contribution < -0.4 is 0 Å². The molecule has 5 rings (SSSR count). The molecule has 0 aliphatic carbocycles. The molecule has 0 amide bonds. The van der Waals surface area contributed by atoms with Crippen LogP contribution in [0.15, 0.2) is 89.3 Å². The van der Waals surface area contributed by atoms with E-state index in [1.807, 2.05) is 84.4 Å². The fourth-order valence-electron chi connectivity index (χ4n) is 3.97. The Balaban J connectivity index is 1.47. The van der Waals surface area contributed by atoms with Crippen LogP contribution in [0.4, 0.5) is 0 Å². The van der Waals surface area contributed by atoms with Crippen molar-refractivity contribution in [3.63, 3.8) is 0 Å². The molecule has 0 atom stereocenters. The second-order valence-electron chi connectivity index (χ2n) is 7.31. The zero-order valence-corrected chi connectivity index (χ0v) is 16.9. The van der Waals surface area contributed by atoms with Crippen LogP contribution in [0, 0.1) is 0 Å². The van der Waals surface area contributed by atoms with Gasteiger partial charge in [-0.1, -0.05) is 66.7 Å². The molecular weight excluding hydrogens is 390 g/mol. The number of Topliss-reactive ketones (excluding diaryl/α,β-unsaturated/α-hetero) is 1. The van der Waals surface area contributed by atoms with Gasteiger partial charge in [0.15, 0.2) is 6.61 Å². The number of aromatic nitrogens is 1. The highest BCUT2D eigenvalue weighted by Crippen LogP contribution is 2.33. The summed E-state index contributed by atoms with van der Waals surface area (Å²) in [7, 11) is 1.93. The standard InChI is InChI=1S/C26H19NO4/c1-27-20-13-7-6-12-19(20)24(25(27)17-9-3-2-4-10-17)21(28)16-30-26(29)23-15-18-11-5-8-14-22(18)31-23/h2-15H,16H2,1H3. The lowest BCUT2D eigenvalue weighted by molar-refractivity contribution is 0.0446. The Labute approximate surface area is 178 Å². The van der Waals surface area contributed by atoms with Crippen molar-refractivity contribution in [2.24, 2.45) is 7.05 Å². The highest BCUT2D eigenvalue weighted by Gasteiger charge is 2.24. The van der Waals surface area contributed by atoms with Gasteiger partial charge < -0.3 is 13.7 Å². The maximum absolute atomic E-state index is 13.3. The number of fused-ring (bicyclic) bond motifs is 2. The molecule has 0 unspecified atom stereocenters. The maximum Gasteiger partial charge on any atom is 0.374 e. The minimum Gasteiger partial charge on any atom is -0.451 e. The third-order valence-corrected chi connectivity index (χ3v) is 5.39. The summed E-state index contributed by atoms with van der Waals surface area (Å²) in [5.41, 5.74) is 3.80. The van der Waals surface area contributed by atoms with Crippen LogP contribution in [0.5, 0.6) is 0 Å². The summed E-state index contributed by atoms with van der Waals surface area (Å²) in [6.07, 6.45) is 0. The first-order valence-electron chi connectivity index (χ1n) is 9.95. The van der Waals surface area contributed by atoms with Crippen molar-refractivity contribution in [3.05, 3.63) is 96.3 Å². The van der Waals surface area contributed by atoms with Crippen LogP contribution in [0.2, 0.25) is 0 Å². The Bertz CT molecular complexity index is 1390. The first-order chi connectivity index (χ1) is 15.1. The fraction of sp³-hybridized carbons (Fsp3) is 0.0769. The van der Waals surface area contributed by atoms with Crippen molar-refractivity contribution in [1.82, 2.24) is 4.57 Å². The molecule has 5 aromatic rings. The van der Waals surface area contributed by atoms with Gasteiger partial charge in [-0.3, -0.25) is 4.79 Å². The van der Waals surface area contributed by atoms with Gasteiger partial charge in [-0.05, 0) is 23.8 Å². The predicted molar refractivity (Wildman–Crippen MR) is 119 cm³/mol. The number of rotatable bonds is 5. The number of carbonyl (C=O) groups is 2. The average molecular weight is 409 g/mol. The molecule has 0 saturated heterocycles. The predicted octanol–water partition coefficient (Wildman–Crippen LogP) is 5.63. The summed E-state index contributed by atoms with van der Waals surface area (Å²) >= 11 is 0. The zero-order valence-electron chi connectivity index (χ0n) is 16.9. The number of ether oxygens (including phenoxy) is 1. The van der Waals surface area contributed by atoms with E-state index in [1.165, 1.54) is 0 Å². The lowest BCUT2D eigenvalue weighted by Crippen LogP contribution is -2.14. The van der Waals surface area contributed by atoms with Gasteiger partial charge in [-0.25, -0.2) is 4.79 Å². The minimum atomic E-state index is -0.661. The first kappa shape index (κ1) is 18.9. The maximum atomic E-state index is 13.3. The molecule has 0 spiro atoms. The molecule has 3 aromatic carbocycles. The van der Waals surface area contributed by atoms with E-state index < -0.39 is 5.97 Å². The summed E-state index contributed by atoms with van der Waals surface area (Å²) in [6, 6.07) is 26.4. The van der Waals surface area contributed by atoms with Gasteiger partial charge in [0.1, 0.15) is 5.58 Å². The second kappa shape index (κ2) is 7.61. The molecular formula is C26H19NO4. The summed E-state index contributed by atoms with van der Waals surface area (Å²) in [5, 5.41) is 1.63.